The molecular weight excluding hydrogens is 1350 g/mol. The van der Waals surface area contributed by atoms with Crippen molar-refractivity contribution < 1.29 is 0 Å². The third kappa shape index (κ3) is 10.4. The lowest BCUT2D eigenvalue weighted by Gasteiger charge is -2.42. The molecule has 16 aromatic carbocycles. The first-order chi connectivity index (χ1) is 54.8. The van der Waals surface area contributed by atoms with Crippen LogP contribution in [0.3, 0.4) is 0 Å². The van der Waals surface area contributed by atoms with Crippen molar-refractivity contribution >= 4 is 82.4 Å². The molecule has 0 radical (unpaired) electrons. The minimum Gasteiger partial charge on any atom is -0.328 e. The number of fused-ring (bicyclic) bond motifs is 12. The molecule has 0 amide bonds. The molecule has 19 aromatic rings. The second-order valence-corrected chi connectivity index (χ2v) is 29.5. The molecule has 6 nitrogen and oxygen atoms in total. The van der Waals surface area contributed by atoms with E-state index in [1.165, 1.54) is 0 Å². The van der Waals surface area contributed by atoms with Gasteiger partial charge in [0, 0.05) is 43.9 Å². The molecule has 518 valence electrons. The highest BCUT2D eigenvalue weighted by Gasteiger charge is 2.51. The van der Waals surface area contributed by atoms with Crippen molar-refractivity contribution in [1.29, 1.82) is 10.5 Å². The van der Waals surface area contributed by atoms with Gasteiger partial charge in [-0.1, -0.05) is 303 Å². The maximum atomic E-state index is 13.3. The minimum atomic E-state index is -0.925. The molecule has 6 heteroatoms. The summed E-state index contributed by atoms with van der Waals surface area (Å²) >= 11 is 0. The van der Waals surface area contributed by atoms with Crippen molar-refractivity contribution in [1.82, 2.24) is 13.7 Å². The van der Waals surface area contributed by atoms with Crippen molar-refractivity contribution in [3.63, 3.8) is 0 Å². The smallest absolute Gasteiger partial charge is 0.103 e. The van der Waals surface area contributed by atoms with E-state index in [0.717, 1.165) is 171 Å². The first-order valence-electron chi connectivity index (χ1n) is 37.9. The number of nitriles is 2. The van der Waals surface area contributed by atoms with Gasteiger partial charge in [0.05, 0.1) is 72.5 Å². The predicted molar refractivity (Wildman–Crippen MR) is 460 cm³/mol. The lowest BCUT2D eigenvalue weighted by Crippen LogP contribution is -2.43. The zero-order valence-electron chi connectivity index (χ0n) is 60.7. The number of allylic oxidation sites excluding steroid dienone is 2. The summed E-state index contributed by atoms with van der Waals surface area (Å²) in [6.45, 7) is 2.33. The standard InChI is InChI=1S/C105H68N6/c1-105-57-56-83(75-40-24-9-25-41-75)65-93(105)90-64-82(74-38-22-8-23-39-74)48-55-100(90)111(105)102-92(67-107)91(66-106)101(108-94-49-42-76(68-26-10-2-11-27-68)58-84(94)85-59-77(43-50-95(85)108)69-28-12-3-13-29-69)103(109-96-51-44-78(70-30-14-4-15-31-70)60-86(96)87-61-79(45-52-97(87)109)71-32-16-5-17-33-71)104(102)110-98-53-46-80(72-34-18-6-19-35-72)62-88(98)89-63-81(47-54-99(89)110)73-36-20-7-21-37-73/h2-65,93H,1H3. The summed E-state index contributed by atoms with van der Waals surface area (Å²) in [6.07, 6.45) is 7.09. The number of hydrogen-bond acceptors (Lipinski definition) is 3. The monoisotopic (exact) mass is 1410 g/mol. The first kappa shape index (κ1) is 64.6. The van der Waals surface area contributed by atoms with Crippen LogP contribution in [0, 0.1) is 22.7 Å². The van der Waals surface area contributed by atoms with Crippen LogP contribution in [0.2, 0.25) is 0 Å². The Morgan fingerprint density at radius 1 is 0.261 bits per heavy atom. The van der Waals surface area contributed by atoms with Crippen LogP contribution >= 0.6 is 0 Å². The van der Waals surface area contributed by atoms with E-state index in [9.17, 15) is 10.5 Å². The fraction of sp³-hybridized carbons (Fsp3) is 0.0286. The summed E-state index contributed by atoms with van der Waals surface area (Å²) in [7, 11) is 0. The SMILES string of the molecule is CC12C=CC(c3ccccc3)=CC1c1cc(-c3ccccc3)ccc1N2c1c(C#N)c(C#N)c(-n2c3ccc(-c4ccccc4)cc3c3cc(-c4ccccc4)ccc32)c(-n2c3ccc(-c4ccccc4)cc3c3cc(-c4ccccc4)ccc32)c1-n1c2ccc(-c3ccccc3)cc2c2cc(-c3ccccc3)ccc21. The van der Waals surface area contributed by atoms with Gasteiger partial charge in [-0.15, -0.1) is 0 Å². The summed E-state index contributed by atoms with van der Waals surface area (Å²) in [5, 5.41) is 32.7. The molecule has 3 aromatic heterocycles. The maximum absolute atomic E-state index is 13.3. The lowest BCUT2D eigenvalue weighted by atomic mass is 9.77. The molecule has 0 spiro atoms. The maximum Gasteiger partial charge on any atom is 0.103 e. The highest BCUT2D eigenvalue weighted by molar-refractivity contribution is 6.18. The lowest BCUT2D eigenvalue weighted by molar-refractivity contribution is 0.543. The summed E-state index contributed by atoms with van der Waals surface area (Å²) in [5.41, 5.74) is 26.9. The number of anilines is 2. The third-order valence-electron chi connectivity index (χ3n) is 23.3. The quantitative estimate of drug-likeness (QED) is 0.122. The van der Waals surface area contributed by atoms with Crippen LogP contribution in [0.25, 0.3) is 166 Å². The Bertz CT molecular complexity index is 6830. The highest BCUT2D eigenvalue weighted by atomic mass is 15.3. The fourth-order valence-electron chi connectivity index (χ4n) is 18.1. The summed E-state index contributed by atoms with van der Waals surface area (Å²) in [5.74, 6) is -0.277. The van der Waals surface area contributed by atoms with Crippen molar-refractivity contribution in [2.24, 2.45) is 0 Å². The molecule has 111 heavy (non-hydrogen) atoms. The zero-order valence-corrected chi connectivity index (χ0v) is 60.7. The Hall–Kier alpha value is -14.8. The molecule has 0 saturated carbocycles. The van der Waals surface area contributed by atoms with Crippen LogP contribution in [0.15, 0.2) is 388 Å². The summed E-state index contributed by atoms with van der Waals surface area (Å²) in [4.78, 5) is 2.46. The van der Waals surface area contributed by atoms with Crippen LogP contribution in [0.5, 0.6) is 0 Å². The molecule has 0 bridgehead atoms. The van der Waals surface area contributed by atoms with Crippen LogP contribution in [-0.2, 0) is 0 Å². The van der Waals surface area contributed by atoms with Crippen LogP contribution in [0.1, 0.15) is 35.1 Å². The number of aromatic nitrogens is 3. The van der Waals surface area contributed by atoms with E-state index in [4.69, 9.17) is 0 Å². The fourth-order valence-corrected chi connectivity index (χ4v) is 18.1. The van der Waals surface area contributed by atoms with Gasteiger partial charge in [-0.2, -0.15) is 10.5 Å². The Balaban J connectivity index is 1.000. The average molecular weight is 1410 g/mol. The highest BCUT2D eigenvalue weighted by Crippen LogP contribution is 2.61. The van der Waals surface area contributed by atoms with Gasteiger partial charge in [-0.3, -0.25) is 0 Å². The number of nitrogens with zero attached hydrogens (tertiary/aromatic N) is 6. The van der Waals surface area contributed by atoms with Crippen LogP contribution in [-0.4, -0.2) is 19.2 Å². The van der Waals surface area contributed by atoms with Gasteiger partial charge in [0.15, 0.2) is 0 Å². The number of benzene rings is 16. The van der Waals surface area contributed by atoms with E-state index in [1.807, 2.05) is 0 Å². The Morgan fingerprint density at radius 3 is 0.811 bits per heavy atom. The molecule has 2 unspecified atom stereocenters. The van der Waals surface area contributed by atoms with Gasteiger partial charge in [0.1, 0.15) is 12.1 Å². The molecule has 1 aliphatic carbocycles. The predicted octanol–water partition coefficient (Wildman–Crippen LogP) is 27.0. The normalized spacial score (nSPS) is 14.5. The van der Waals surface area contributed by atoms with E-state index >= 15 is 0 Å². The van der Waals surface area contributed by atoms with E-state index < -0.39 is 5.54 Å². The van der Waals surface area contributed by atoms with Gasteiger partial charge in [-0.25, -0.2) is 0 Å². The minimum absolute atomic E-state index is 0.231. The number of hydrogen-bond donors (Lipinski definition) is 0. The van der Waals surface area contributed by atoms with E-state index in [-0.39, 0.29) is 17.0 Å². The Labute approximate surface area is 643 Å². The second-order valence-electron chi connectivity index (χ2n) is 29.5. The largest absolute Gasteiger partial charge is 0.328 e. The van der Waals surface area contributed by atoms with E-state index in [1.54, 1.807) is 0 Å². The van der Waals surface area contributed by atoms with Crippen molar-refractivity contribution in [2.45, 2.75) is 18.4 Å². The molecule has 21 rings (SSSR count). The average Bonchev–Trinajstić information content (AvgIpc) is 1.57. The van der Waals surface area contributed by atoms with Gasteiger partial charge < -0.3 is 18.6 Å². The first-order valence-corrected chi connectivity index (χ1v) is 37.9. The summed E-state index contributed by atoms with van der Waals surface area (Å²) in [6, 6.07) is 139. The second kappa shape index (κ2) is 26.0. The molecule has 2 aliphatic rings. The van der Waals surface area contributed by atoms with Gasteiger partial charge in [0.2, 0.25) is 0 Å². The molecule has 2 atom stereocenters. The Kier molecular flexibility index (Phi) is 15.1. The number of rotatable bonds is 12. The van der Waals surface area contributed by atoms with Crippen molar-refractivity contribution in [3.8, 4) is 107 Å². The topological polar surface area (TPSA) is 65.6 Å². The summed E-state index contributed by atoms with van der Waals surface area (Å²) < 4.78 is 7.27. The van der Waals surface area contributed by atoms with Gasteiger partial charge in [-0.05, 0) is 186 Å². The molecule has 0 N–H and O–H groups in total. The molecular formula is C105H68N6. The molecule has 0 saturated heterocycles. The van der Waals surface area contributed by atoms with E-state index in [0.29, 0.717) is 17.1 Å². The van der Waals surface area contributed by atoms with Gasteiger partial charge in [0.25, 0.3) is 0 Å². The van der Waals surface area contributed by atoms with Gasteiger partial charge >= 0.3 is 0 Å². The molecule has 0 fully saturated rings. The molecule has 4 heterocycles. The van der Waals surface area contributed by atoms with Crippen molar-refractivity contribution in [2.75, 3.05) is 4.90 Å². The zero-order chi connectivity index (χ0) is 73.8. The van der Waals surface area contributed by atoms with Crippen molar-refractivity contribution in [3.05, 3.63) is 411 Å². The Morgan fingerprint density at radius 2 is 0.514 bits per heavy atom. The molecule has 1 aliphatic heterocycles. The van der Waals surface area contributed by atoms with E-state index in [2.05, 4.69) is 426 Å². The van der Waals surface area contributed by atoms with Crippen LogP contribution < -0.4 is 4.90 Å². The van der Waals surface area contributed by atoms with Crippen LogP contribution in [0.4, 0.5) is 11.4 Å². The third-order valence-corrected chi connectivity index (χ3v) is 23.3.